The van der Waals surface area contributed by atoms with Gasteiger partial charge in [0, 0.05) is 19.0 Å². The Bertz CT molecular complexity index is 115. The predicted octanol–water partition coefficient (Wildman–Crippen LogP) is 0.369. The third kappa shape index (κ3) is 5.61. The van der Waals surface area contributed by atoms with Crippen molar-refractivity contribution in [1.82, 2.24) is 5.32 Å². The van der Waals surface area contributed by atoms with E-state index >= 15 is 0 Å². The van der Waals surface area contributed by atoms with Crippen molar-refractivity contribution in [3.63, 3.8) is 0 Å². The SMILES string of the molecule is C#CCC(C)NC[C@@H](C)O. The number of aliphatic hydroxyl groups excluding tert-OH is 1. The second-order valence-electron chi connectivity index (χ2n) is 2.57. The Labute approximate surface area is 62.6 Å². The lowest BCUT2D eigenvalue weighted by atomic mass is 10.2. The summed E-state index contributed by atoms with van der Waals surface area (Å²) in [5.74, 6) is 2.55. The van der Waals surface area contributed by atoms with Crippen LogP contribution >= 0.6 is 0 Å². The minimum absolute atomic E-state index is 0.291. The lowest BCUT2D eigenvalue weighted by Crippen LogP contribution is -2.32. The summed E-state index contributed by atoms with van der Waals surface area (Å²) < 4.78 is 0. The monoisotopic (exact) mass is 141 g/mol. The zero-order valence-corrected chi connectivity index (χ0v) is 6.59. The number of nitrogens with one attached hydrogen (secondary N) is 1. The Kier molecular flexibility index (Phi) is 5.00. The summed E-state index contributed by atoms with van der Waals surface area (Å²) in [5.41, 5.74) is 0. The standard InChI is InChI=1S/C8H15NO/c1-4-5-7(2)9-6-8(3)10/h1,7-10H,5-6H2,2-3H3/t7?,8-/m1/s1. The highest BCUT2D eigenvalue weighted by molar-refractivity contribution is 4.88. The molecule has 0 aliphatic carbocycles. The molecular formula is C8H15NO. The van der Waals surface area contributed by atoms with Crippen molar-refractivity contribution < 1.29 is 5.11 Å². The molecule has 0 rings (SSSR count). The molecule has 0 heterocycles. The quantitative estimate of drug-likeness (QED) is 0.554. The van der Waals surface area contributed by atoms with E-state index in [4.69, 9.17) is 11.5 Å². The molecule has 0 radical (unpaired) electrons. The van der Waals surface area contributed by atoms with Crippen molar-refractivity contribution in [3.05, 3.63) is 0 Å². The molecule has 0 bridgehead atoms. The van der Waals surface area contributed by atoms with Gasteiger partial charge in [-0.25, -0.2) is 0 Å². The van der Waals surface area contributed by atoms with E-state index in [0.29, 0.717) is 19.0 Å². The average molecular weight is 141 g/mol. The van der Waals surface area contributed by atoms with Gasteiger partial charge in [0.15, 0.2) is 0 Å². The highest BCUT2D eigenvalue weighted by Gasteiger charge is 1.99. The van der Waals surface area contributed by atoms with Crippen molar-refractivity contribution >= 4 is 0 Å². The largest absolute Gasteiger partial charge is 0.392 e. The molecule has 0 saturated heterocycles. The van der Waals surface area contributed by atoms with E-state index < -0.39 is 0 Å². The van der Waals surface area contributed by atoms with Crippen molar-refractivity contribution in [2.75, 3.05) is 6.54 Å². The first-order valence-electron chi connectivity index (χ1n) is 3.51. The number of terminal acetylenes is 1. The van der Waals surface area contributed by atoms with Gasteiger partial charge < -0.3 is 10.4 Å². The fourth-order valence-electron chi connectivity index (χ4n) is 0.621. The van der Waals surface area contributed by atoms with Gasteiger partial charge >= 0.3 is 0 Å². The van der Waals surface area contributed by atoms with Crippen LogP contribution in [-0.4, -0.2) is 23.8 Å². The van der Waals surface area contributed by atoms with E-state index in [9.17, 15) is 0 Å². The van der Waals surface area contributed by atoms with E-state index in [2.05, 4.69) is 11.2 Å². The van der Waals surface area contributed by atoms with E-state index in [1.807, 2.05) is 6.92 Å². The first-order chi connectivity index (χ1) is 4.66. The van der Waals surface area contributed by atoms with Gasteiger partial charge in [0.2, 0.25) is 0 Å². The van der Waals surface area contributed by atoms with Gasteiger partial charge in [-0.15, -0.1) is 12.3 Å². The van der Waals surface area contributed by atoms with Crippen LogP contribution < -0.4 is 5.32 Å². The summed E-state index contributed by atoms with van der Waals surface area (Å²) in [5, 5.41) is 11.9. The Hall–Kier alpha value is -0.520. The summed E-state index contributed by atoms with van der Waals surface area (Å²) in [6, 6.07) is 0.305. The third-order valence-electron chi connectivity index (χ3n) is 1.19. The molecule has 2 nitrogen and oxygen atoms in total. The van der Waals surface area contributed by atoms with Crippen LogP contribution in [0.5, 0.6) is 0 Å². The van der Waals surface area contributed by atoms with Crippen LogP contribution in [-0.2, 0) is 0 Å². The molecule has 0 fully saturated rings. The van der Waals surface area contributed by atoms with Crippen LogP contribution in [0.2, 0.25) is 0 Å². The van der Waals surface area contributed by atoms with Crippen LogP contribution in [0.3, 0.4) is 0 Å². The van der Waals surface area contributed by atoms with Gasteiger partial charge in [-0.3, -0.25) is 0 Å². The van der Waals surface area contributed by atoms with Crippen LogP contribution in [0, 0.1) is 12.3 Å². The molecule has 0 aromatic rings. The van der Waals surface area contributed by atoms with Crippen molar-refractivity contribution in [2.24, 2.45) is 0 Å². The fraction of sp³-hybridized carbons (Fsp3) is 0.750. The predicted molar refractivity (Wildman–Crippen MR) is 42.6 cm³/mol. The van der Waals surface area contributed by atoms with Crippen molar-refractivity contribution in [1.29, 1.82) is 0 Å². The molecule has 0 aromatic carbocycles. The molecule has 2 atom stereocenters. The van der Waals surface area contributed by atoms with Gasteiger partial charge in [0.05, 0.1) is 6.10 Å². The van der Waals surface area contributed by atoms with E-state index in [1.54, 1.807) is 6.92 Å². The van der Waals surface area contributed by atoms with Crippen molar-refractivity contribution in [2.45, 2.75) is 32.4 Å². The maximum Gasteiger partial charge on any atom is 0.0636 e. The Balaban J connectivity index is 3.23. The molecule has 0 aromatic heterocycles. The normalized spacial score (nSPS) is 15.8. The van der Waals surface area contributed by atoms with Crippen LogP contribution in [0.1, 0.15) is 20.3 Å². The third-order valence-corrected chi connectivity index (χ3v) is 1.19. The average Bonchev–Trinajstić information content (AvgIpc) is 1.85. The van der Waals surface area contributed by atoms with Crippen molar-refractivity contribution in [3.8, 4) is 12.3 Å². The summed E-state index contributed by atoms with van der Waals surface area (Å²) in [6.45, 7) is 4.36. The van der Waals surface area contributed by atoms with E-state index in [-0.39, 0.29) is 6.10 Å². The smallest absolute Gasteiger partial charge is 0.0636 e. The summed E-state index contributed by atoms with van der Waals surface area (Å²) in [7, 11) is 0. The molecule has 10 heavy (non-hydrogen) atoms. The van der Waals surface area contributed by atoms with Gasteiger partial charge in [-0.1, -0.05) is 0 Å². The van der Waals surface area contributed by atoms with Crippen LogP contribution in [0.15, 0.2) is 0 Å². The molecule has 58 valence electrons. The molecule has 0 amide bonds. The zero-order valence-electron chi connectivity index (χ0n) is 6.59. The van der Waals surface area contributed by atoms with Gasteiger partial charge in [0.25, 0.3) is 0 Å². The van der Waals surface area contributed by atoms with E-state index in [0.717, 1.165) is 0 Å². The Morgan fingerprint density at radius 2 is 2.20 bits per heavy atom. The first kappa shape index (κ1) is 9.48. The molecular weight excluding hydrogens is 126 g/mol. The highest BCUT2D eigenvalue weighted by atomic mass is 16.3. The van der Waals surface area contributed by atoms with Crippen LogP contribution in [0.25, 0.3) is 0 Å². The molecule has 0 aliphatic rings. The van der Waals surface area contributed by atoms with E-state index in [1.165, 1.54) is 0 Å². The molecule has 2 N–H and O–H groups in total. The lowest BCUT2D eigenvalue weighted by molar-refractivity contribution is 0.187. The zero-order chi connectivity index (χ0) is 7.98. The Morgan fingerprint density at radius 1 is 1.60 bits per heavy atom. The highest BCUT2D eigenvalue weighted by Crippen LogP contribution is 1.87. The lowest BCUT2D eigenvalue weighted by Gasteiger charge is -2.11. The number of rotatable bonds is 4. The molecule has 0 spiro atoms. The fourth-order valence-corrected chi connectivity index (χ4v) is 0.621. The minimum Gasteiger partial charge on any atom is -0.392 e. The molecule has 0 aliphatic heterocycles. The van der Waals surface area contributed by atoms with Gasteiger partial charge in [-0.05, 0) is 13.8 Å². The van der Waals surface area contributed by atoms with Crippen LogP contribution in [0.4, 0.5) is 0 Å². The molecule has 2 heteroatoms. The number of hydrogen-bond donors (Lipinski definition) is 2. The summed E-state index contributed by atoms with van der Waals surface area (Å²) in [6.07, 6.45) is 5.51. The topological polar surface area (TPSA) is 32.3 Å². The second kappa shape index (κ2) is 5.28. The molecule has 0 saturated carbocycles. The molecule has 1 unspecified atom stereocenters. The number of aliphatic hydroxyl groups is 1. The number of hydrogen-bond acceptors (Lipinski definition) is 2. The minimum atomic E-state index is -0.291. The van der Waals surface area contributed by atoms with Gasteiger partial charge in [0.1, 0.15) is 0 Å². The maximum atomic E-state index is 8.86. The van der Waals surface area contributed by atoms with Gasteiger partial charge in [-0.2, -0.15) is 0 Å². The Morgan fingerprint density at radius 3 is 2.60 bits per heavy atom. The summed E-state index contributed by atoms with van der Waals surface area (Å²) in [4.78, 5) is 0. The maximum absolute atomic E-state index is 8.86. The summed E-state index contributed by atoms with van der Waals surface area (Å²) >= 11 is 0. The second-order valence-corrected chi connectivity index (χ2v) is 2.57. The first-order valence-corrected chi connectivity index (χ1v) is 3.51.